The smallest absolute Gasteiger partial charge is 0.146 e. The standard InChI is InChI=1S/C16H25FN2O/c1-12-5-8-19(9-6-12)16-4-3-14(11-15(16)17)13(2)18-7-10-20/h3-4,11-13,18,20H,5-10H2,1-2H3/t13-/m1/s1. The van der Waals surface area contributed by atoms with Gasteiger partial charge in [-0.2, -0.15) is 0 Å². The van der Waals surface area contributed by atoms with E-state index < -0.39 is 0 Å². The van der Waals surface area contributed by atoms with Crippen LogP contribution in [0.5, 0.6) is 0 Å². The second-order valence-electron chi connectivity index (χ2n) is 5.78. The predicted molar refractivity (Wildman–Crippen MR) is 80.5 cm³/mol. The van der Waals surface area contributed by atoms with Gasteiger partial charge in [-0.25, -0.2) is 4.39 Å². The third kappa shape index (κ3) is 3.70. The molecule has 0 radical (unpaired) electrons. The molecule has 0 aromatic heterocycles. The maximum Gasteiger partial charge on any atom is 0.146 e. The largest absolute Gasteiger partial charge is 0.395 e. The van der Waals surface area contributed by atoms with E-state index in [1.165, 1.54) is 0 Å². The van der Waals surface area contributed by atoms with Gasteiger partial charge in [-0.3, -0.25) is 0 Å². The quantitative estimate of drug-likeness (QED) is 0.870. The molecule has 0 unspecified atom stereocenters. The number of piperidine rings is 1. The Kier molecular flexibility index (Phi) is 5.38. The Balaban J connectivity index is 2.05. The van der Waals surface area contributed by atoms with Crippen LogP contribution in [0.15, 0.2) is 18.2 Å². The van der Waals surface area contributed by atoms with E-state index in [1.54, 1.807) is 6.07 Å². The highest BCUT2D eigenvalue weighted by Crippen LogP contribution is 2.27. The van der Waals surface area contributed by atoms with Gasteiger partial charge in [-0.1, -0.05) is 13.0 Å². The van der Waals surface area contributed by atoms with Crippen molar-refractivity contribution in [2.24, 2.45) is 5.92 Å². The summed E-state index contributed by atoms with van der Waals surface area (Å²) in [6, 6.07) is 5.53. The van der Waals surface area contributed by atoms with Crippen LogP contribution in [0.3, 0.4) is 0 Å². The first-order valence-electron chi connectivity index (χ1n) is 7.50. The van der Waals surface area contributed by atoms with Crippen molar-refractivity contribution in [2.75, 3.05) is 31.1 Å². The van der Waals surface area contributed by atoms with Crippen molar-refractivity contribution in [3.63, 3.8) is 0 Å². The summed E-state index contributed by atoms with van der Waals surface area (Å²) in [5, 5.41) is 12.0. The van der Waals surface area contributed by atoms with E-state index in [4.69, 9.17) is 5.11 Å². The monoisotopic (exact) mass is 280 g/mol. The predicted octanol–water partition coefficient (Wildman–Crippen LogP) is 2.70. The maximum atomic E-state index is 14.3. The van der Waals surface area contributed by atoms with Gasteiger partial charge in [-0.15, -0.1) is 0 Å². The second kappa shape index (κ2) is 7.04. The van der Waals surface area contributed by atoms with Gasteiger partial charge >= 0.3 is 0 Å². The molecule has 1 aliphatic rings. The molecule has 1 fully saturated rings. The number of rotatable bonds is 5. The molecule has 20 heavy (non-hydrogen) atoms. The average molecular weight is 280 g/mol. The molecule has 1 aliphatic heterocycles. The molecule has 2 N–H and O–H groups in total. The molecule has 0 amide bonds. The van der Waals surface area contributed by atoms with E-state index in [0.717, 1.165) is 43.1 Å². The van der Waals surface area contributed by atoms with Gasteiger partial charge in [0.25, 0.3) is 0 Å². The molecule has 1 atom stereocenters. The number of nitrogens with zero attached hydrogens (tertiary/aromatic N) is 1. The van der Waals surface area contributed by atoms with Gasteiger partial charge in [0.15, 0.2) is 0 Å². The lowest BCUT2D eigenvalue weighted by atomic mass is 9.98. The zero-order valence-electron chi connectivity index (χ0n) is 12.4. The molecule has 1 aromatic rings. The lowest BCUT2D eigenvalue weighted by Gasteiger charge is -2.32. The average Bonchev–Trinajstić information content (AvgIpc) is 2.46. The molecule has 0 spiro atoms. The van der Waals surface area contributed by atoms with Crippen LogP contribution in [0, 0.1) is 11.7 Å². The summed E-state index contributed by atoms with van der Waals surface area (Å²) in [4.78, 5) is 2.14. The summed E-state index contributed by atoms with van der Waals surface area (Å²) in [5.74, 6) is 0.603. The topological polar surface area (TPSA) is 35.5 Å². The Labute approximate surface area is 120 Å². The third-order valence-electron chi connectivity index (χ3n) is 4.16. The molecule has 4 heteroatoms. The van der Waals surface area contributed by atoms with Crippen LogP contribution in [-0.2, 0) is 0 Å². The lowest BCUT2D eigenvalue weighted by molar-refractivity contribution is 0.286. The van der Waals surface area contributed by atoms with Crippen LogP contribution in [-0.4, -0.2) is 31.3 Å². The van der Waals surface area contributed by atoms with E-state index in [0.29, 0.717) is 6.54 Å². The van der Waals surface area contributed by atoms with Crippen LogP contribution < -0.4 is 10.2 Å². The fraction of sp³-hybridized carbons (Fsp3) is 0.625. The minimum Gasteiger partial charge on any atom is -0.395 e. The van der Waals surface area contributed by atoms with Crippen molar-refractivity contribution in [1.82, 2.24) is 5.32 Å². The molecule has 1 heterocycles. The molecular weight excluding hydrogens is 255 g/mol. The molecule has 1 aromatic carbocycles. The Morgan fingerprint density at radius 1 is 1.40 bits per heavy atom. The first kappa shape index (κ1) is 15.3. The van der Waals surface area contributed by atoms with Crippen LogP contribution in [0.1, 0.15) is 38.3 Å². The van der Waals surface area contributed by atoms with E-state index in [9.17, 15) is 4.39 Å². The highest BCUT2D eigenvalue weighted by Gasteiger charge is 2.19. The second-order valence-corrected chi connectivity index (χ2v) is 5.78. The molecular formula is C16H25FN2O. The van der Waals surface area contributed by atoms with E-state index >= 15 is 0 Å². The van der Waals surface area contributed by atoms with Crippen molar-refractivity contribution in [3.05, 3.63) is 29.6 Å². The van der Waals surface area contributed by atoms with Crippen molar-refractivity contribution >= 4 is 5.69 Å². The van der Waals surface area contributed by atoms with Crippen molar-refractivity contribution in [2.45, 2.75) is 32.7 Å². The molecule has 0 bridgehead atoms. The highest BCUT2D eigenvalue weighted by molar-refractivity contribution is 5.50. The zero-order valence-corrected chi connectivity index (χ0v) is 12.4. The molecule has 2 rings (SSSR count). The van der Waals surface area contributed by atoms with Gasteiger partial charge in [0.2, 0.25) is 0 Å². The normalized spacial score (nSPS) is 18.3. The number of aliphatic hydroxyl groups is 1. The van der Waals surface area contributed by atoms with Crippen LogP contribution in [0.4, 0.5) is 10.1 Å². The molecule has 112 valence electrons. The van der Waals surface area contributed by atoms with Crippen LogP contribution in [0.25, 0.3) is 0 Å². The number of aliphatic hydroxyl groups excluding tert-OH is 1. The summed E-state index contributed by atoms with van der Waals surface area (Å²) >= 11 is 0. The SMILES string of the molecule is CC1CCN(c2ccc([C@@H](C)NCCO)cc2F)CC1. The fourth-order valence-electron chi connectivity index (χ4n) is 2.70. The molecule has 3 nitrogen and oxygen atoms in total. The summed E-state index contributed by atoms with van der Waals surface area (Å²) < 4.78 is 14.3. The number of anilines is 1. The summed E-state index contributed by atoms with van der Waals surface area (Å²) in [7, 11) is 0. The Morgan fingerprint density at radius 3 is 2.70 bits per heavy atom. The van der Waals surface area contributed by atoms with E-state index in [2.05, 4.69) is 17.1 Å². The lowest BCUT2D eigenvalue weighted by Crippen LogP contribution is -2.33. The highest BCUT2D eigenvalue weighted by atomic mass is 19.1. The minimum absolute atomic E-state index is 0.0482. The van der Waals surface area contributed by atoms with Gasteiger partial charge < -0.3 is 15.3 Å². The third-order valence-corrected chi connectivity index (χ3v) is 4.16. The van der Waals surface area contributed by atoms with Gasteiger partial charge in [-0.05, 0) is 43.4 Å². The Hall–Kier alpha value is -1.13. The van der Waals surface area contributed by atoms with Crippen molar-refractivity contribution < 1.29 is 9.50 Å². The summed E-state index contributed by atoms with van der Waals surface area (Å²) in [6.07, 6.45) is 2.27. The number of nitrogens with one attached hydrogen (secondary N) is 1. The van der Waals surface area contributed by atoms with Gasteiger partial charge in [0.1, 0.15) is 5.82 Å². The van der Waals surface area contributed by atoms with E-state index in [-0.39, 0.29) is 18.5 Å². The molecule has 0 aliphatic carbocycles. The number of hydrogen-bond acceptors (Lipinski definition) is 3. The van der Waals surface area contributed by atoms with Gasteiger partial charge in [0.05, 0.1) is 12.3 Å². The maximum absolute atomic E-state index is 14.3. The van der Waals surface area contributed by atoms with Crippen LogP contribution >= 0.6 is 0 Å². The van der Waals surface area contributed by atoms with Crippen molar-refractivity contribution in [1.29, 1.82) is 0 Å². The number of hydrogen-bond donors (Lipinski definition) is 2. The molecule has 1 saturated heterocycles. The first-order chi connectivity index (χ1) is 9.61. The summed E-state index contributed by atoms with van der Waals surface area (Å²) in [5.41, 5.74) is 1.64. The first-order valence-corrected chi connectivity index (χ1v) is 7.50. The van der Waals surface area contributed by atoms with E-state index in [1.807, 2.05) is 19.1 Å². The molecule has 0 saturated carbocycles. The van der Waals surface area contributed by atoms with Gasteiger partial charge in [0, 0.05) is 25.7 Å². The number of benzene rings is 1. The fourth-order valence-corrected chi connectivity index (χ4v) is 2.70. The number of halogens is 1. The Bertz CT molecular complexity index is 430. The minimum atomic E-state index is -0.144. The Morgan fingerprint density at radius 2 is 2.10 bits per heavy atom. The summed E-state index contributed by atoms with van der Waals surface area (Å²) in [6.45, 7) is 6.73. The van der Waals surface area contributed by atoms with Crippen molar-refractivity contribution in [3.8, 4) is 0 Å². The zero-order chi connectivity index (χ0) is 14.5. The van der Waals surface area contributed by atoms with Crippen LogP contribution in [0.2, 0.25) is 0 Å².